The molecule has 0 radical (unpaired) electrons. The van der Waals surface area contributed by atoms with Crippen LogP contribution in [0.5, 0.6) is 5.75 Å². The van der Waals surface area contributed by atoms with E-state index in [1.807, 2.05) is 43.5 Å². The molecule has 2 amide bonds. The van der Waals surface area contributed by atoms with Crippen molar-refractivity contribution in [2.45, 2.75) is 26.8 Å². The van der Waals surface area contributed by atoms with Gasteiger partial charge in [-0.1, -0.05) is 18.2 Å². The van der Waals surface area contributed by atoms with E-state index in [2.05, 4.69) is 15.6 Å². The molecule has 1 atom stereocenters. The highest BCUT2D eigenvalue weighted by atomic mass is 32.1. The Morgan fingerprint density at radius 1 is 1.21 bits per heavy atom. The molecular formula is C22H23N3O3S. The quantitative estimate of drug-likeness (QED) is 0.595. The first-order valence-electron chi connectivity index (χ1n) is 9.33. The van der Waals surface area contributed by atoms with Gasteiger partial charge >= 0.3 is 0 Å². The van der Waals surface area contributed by atoms with Gasteiger partial charge < -0.3 is 15.4 Å². The predicted octanol–water partition coefficient (Wildman–Crippen LogP) is 4.66. The van der Waals surface area contributed by atoms with Crippen LogP contribution in [0.15, 0.2) is 54.0 Å². The number of anilines is 1. The van der Waals surface area contributed by atoms with E-state index in [1.54, 1.807) is 35.7 Å². The van der Waals surface area contributed by atoms with Crippen LogP contribution in [0.2, 0.25) is 0 Å². The Morgan fingerprint density at radius 2 is 2.03 bits per heavy atom. The molecule has 3 aromatic rings. The molecule has 0 saturated carbocycles. The van der Waals surface area contributed by atoms with Gasteiger partial charge in [-0.25, -0.2) is 4.98 Å². The summed E-state index contributed by atoms with van der Waals surface area (Å²) in [7, 11) is 0. The molecule has 1 aromatic heterocycles. The first kappa shape index (κ1) is 20.5. The van der Waals surface area contributed by atoms with Gasteiger partial charge in [0, 0.05) is 29.8 Å². The number of benzene rings is 2. The molecule has 0 saturated heterocycles. The number of nitrogens with one attached hydrogen (secondary N) is 2. The zero-order valence-electron chi connectivity index (χ0n) is 16.6. The molecule has 1 heterocycles. The minimum Gasteiger partial charge on any atom is -0.493 e. The SMILES string of the molecule is CCOc1ccc(NC(C)=O)cc1C(=O)NC(C)c1cccc(-c2nccs2)c1. The minimum atomic E-state index is -0.271. The average Bonchev–Trinajstić information content (AvgIpc) is 3.24. The number of nitrogens with zero attached hydrogens (tertiary/aromatic N) is 1. The Morgan fingerprint density at radius 3 is 2.72 bits per heavy atom. The number of amides is 2. The van der Waals surface area contributed by atoms with Crippen molar-refractivity contribution < 1.29 is 14.3 Å². The molecule has 2 N–H and O–H groups in total. The summed E-state index contributed by atoms with van der Waals surface area (Å²) >= 11 is 1.57. The van der Waals surface area contributed by atoms with Crippen LogP contribution in [-0.2, 0) is 4.79 Å². The highest BCUT2D eigenvalue weighted by molar-refractivity contribution is 7.13. The standard InChI is InChI=1S/C22H23N3O3S/c1-4-28-20-9-8-18(25-15(3)26)13-19(20)21(27)24-14(2)16-6-5-7-17(12-16)22-23-10-11-29-22/h5-14H,4H2,1-3H3,(H,24,27)(H,25,26). The van der Waals surface area contributed by atoms with E-state index in [0.717, 1.165) is 16.1 Å². The summed E-state index contributed by atoms with van der Waals surface area (Å²) in [6, 6.07) is 12.8. The smallest absolute Gasteiger partial charge is 0.255 e. The normalized spacial score (nSPS) is 11.6. The number of carbonyl (C=O) groups is 2. The lowest BCUT2D eigenvalue weighted by Gasteiger charge is -2.17. The van der Waals surface area contributed by atoms with Gasteiger partial charge in [0.05, 0.1) is 18.2 Å². The molecule has 7 heteroatoms. The molecule has 0 bridgehead atoms. The Labute approximate surface area is 173 Å². The molecule has 0 spiro atoms. The van der Waals surface area contributed by atoms with Crippen LogP contribution < -0.4 is 15.4 Å². The third-order valence-electron chi connectivity index (χ3n) is 4.26. The molecule has 2 aromatic carbocycles. The molecule has 150 valence electrons. The summed E-state index contributed by atoms with van der Waals surface area (Å²) in [5, 5.41) is 8.58. The number of hydrogen-bond acceptors (Lipinski definition) is 5. The lowest BCUT2D eigenvalue weighted by molar-refractivity contribution is -0.114. The van der Waals surface area contributed by atoms with Crippen molar-refractivity contribution in [3.8, 4) is 16.3 Å². The average molecular weight is 410 g/mol. The van der Waals surface area contributed by atoms with E-state index in [9.17, 15) is 9.59 Å². The number of aromatic nitrogens is 1. The van der Waals surface area contributed by atoms with E-state index < -0.39 is 0 Å². The Balaban J connectivity index is 1.82. The van der Waals surface area contributed by atoms with Crippen molar-refractivity contribution in [1.82, 2.24) is 10.3 Å². The summed E-state index contributed by atoms with van der Waals surface area (Å²) in [6.07, 6.45) is 1.77. The van der Waals surface area contributed by atoms with Crippen molar-refractivity contribution in [2.75, 3.05) is 11.9 Å². The van der Waals surface area contributed by atoms with Gasteiger partial charge in [-0.3, -0.25) is 9.59 Å². The predicted molar refractivity (Wildman–Crippen MR) is 115 cm³/mol. The minimum absolute atomic E-state index is 0.201. The fraction of sp³-hybridized carbons (Fsp3) is 0.227. The third kappa shape index (κ3) is 5.20. The highest BCUT2D eigenvalue weighted by Crippen LogP contribution is 2.27. The number of ether oxygens (including phenoxy) is 1. The van der Waals surface area contributed by atoms with E-state index >= 15 is 0 Å². The molecule has 0 aliphatic carbocycles. The monoisotopic (exact) mass is 409 g/mol. The lowest BCUT2D eigenvalue weighted by atomic mass is 10.0. The zero-order valence-corrected chi connectivity index (χ0v) is 17.4. The Kier molecular flexibility index (Phi) is 6.61. The largest absolute Gasteiger partial charge is 0.493 e. The van der Waals surface area contributed by atoms with Gasteiger partial charge in [-0.05, 0) is 43.7 Å². The lowest BCUT2D eigenvalue weighted by Crippen LogP contribution is -2.27. The number of hydrogen-bond donors (Lipinski definition) is 2. The fourth-order valence-corrected chi connectivity index (χ4v) is 3.57. The second kappa shape index (κ2) is 9.34. The van der Waals surface area contributed by atoms with Crippen molar-refractivity contribution in [2.24, 2.45) is 0 Å². The maximum atomic E-state index is 13.0. The van der Waals surface area contributed by atoms with Crippen LogP contribution in [0.3, 0.4) is 0 Å². The van der Waals surface area contributed by atoms with Crippen LogP contribution in [0.4, 0.5) is 5.69 Å². The second-order valence-corrected chi connectivity index (χ2v) is 7.38. The molecule has 0 aliphatic rings. The highest BCUT2D eigenvalue weighted by Gasteiger charge is 2.17. The summed E-state index contributed by atoms with van der Waals surface area (Å²) < 4.78 is 5.59. The van der Waals surface area contributed by atoms with E-state index in [-0.39, 0.29) is 17.9 Å². The van der Waals surface area contributed by atoms with Gasteiger partial charge in [0.1, 0.15) is 10.8 Å². The molecular weight excluding hydrogens is 386 g/mol. The second-order valence-electron chi connectivity index (χ2n) is 6.48. The number of rotatable bonds is 7. The van der Waals surface area contributed by atoms with Crippen molar-refractivity contribution in [3.05, 3.63) is 65.2 Å². The molecule has 1 unspecified atom stereocenters. The first-order valence-corrected chi connectivity index (χ1v) is 10.2. The van der Waals surface area contributed by atoms with Crippen LogP contribution in [-0.4, -0.2) is 23.4 Å². The van der Waals surface area contributed by atoms with Gasteiger partial charge in [0.15, 0.2) is 0 Å². The van der Waals surface area contributed by atoms with Crippen LogP contribution >= 0.6 is 11.3 Å². The fourth-order valence-electron chi connectivity index (χ4n) is 2.93. The van der Waals surface area contributed by atoms with Gasteiger partial charge in [0.2, 0.25) is 5.91 Å². The van der Waals surface area contributed by atoms with Crippen molar-refractivity contribution in [1.29, 1.82) is 0 Å². The van der Waals surface area contributed by atoms with E-state index in [0.29, 0.717) is 23.6 Å². The van der Waals surface area contributed by atoms with Gasteiger partial charge in [0.25, 0.3) is 5.91 Å². The summed E-state index contributed by atoms with van der Waals surface area (Å²) in [6.45, 7) is 5.64. The molecule has 29 heavy (non-hydrogen) atoms. The van der Waals surface area contributed by atoms with Crippen LogP contribution in [0, 0.1) is 0 Å². The molecule has 0 fully saturated rings. The maximum Gasteiger partial charge on any atom is 0.255 e. The van der Waals surface area contributed by atoms with Gasteiger partial charge in [-0.2, -0.15) is 0 Å². The Bertz CT molecular complexity index is 1000. The molecule has 0 aliphatic heterocycles. The number of thiazole rings is 1. The van der Waals surface area contributed by atoms with E-state index in [1.165, 1.54) is 6.92 Å². The van der Waals surface area contributed by atoms with Crippen molar-refractivity contribution in [3.63, 3.8) is 0 Å². The zero-order chi connectivity index (χ0) is 20.8. The third-order valence-corrected chi connectivity index (χ3v) is 5.08. The molecule has 3 rings (SSSR count). The van der Waals surface area contributed by atoms with Crippen molar-refractivity contribution >= 4 is 28.8 Å². The summed E-state index contributed by atoms with van der Waals surface area (Å²) in [5.41, 5.74) is 2.91. The van der Waals surface area contributed by atoms with Crippen LogP contribution in [0.1, 0.15) is 42.7 Å². The Hall–Kier alpha value is -3.19. The van der Waals surface area contributed by atoms with Crippen LogP contribution in [0.25, 0.3) is 10.6 Å². The summed E-state index contributed by atoms with van der Waals surface area (Å²) in [5.74, 6) is 0.00327. The number of carbonyl (C=O) groups excluding carboxylic acids is 2. The molecule has 6 nitrogen and oxygen atoms in total. The van der Waals surface area contributed by atoms with E-state index in [4.69, 9.17) is 4.74 Å². The topological polar surface area (TPSA) is 80.3 Å². The maximum absolute atomic E-state index is 13.0. The van der Waals surface area contributed by atoms with Gasteiger partial charge in [-0.15, -0.1) is 11.3 Å². The first-order chi connectivity index (χ1) is 14.0. The summed E-state index contributed by atoms with van der Waals surface area (Å²) in [4.78, 5) is 28.7.